The summed E-state index contributed by atoms with van der Waals surface area (Å²) in [5, 5.41) is 42.5. The maximum absolute atomic E-state index is 13.6. The van der Waals surface area contributed by atoms with Gasteiger partial charge in [0.2, 0.25) is 23.6 Å². The van der Waals surface area contributed by atoms with Crippen molar-refractivity contribution in [1.82, 2.24) is 31.9 Å². The smallest absolute Gasteiger partial charge is 0.326 e. The largest absolute Gasteiger partial charge is 0.481 e. The number of hydrogen-bond donors (Lipinski definition) is 10. The zero-order valence-electron chi connectivity index (χ0n) is 31.9. The Hall–Kier alpha value is -6.04. The van der Waals surface area contributed by atoms with Gasteiger partial charge in [-0.15, -0.1) is 0 Å². The molecule has 18 heteroatoms. The Kier molecular flexibility index (Phi) is 22.1. The van der Waals surface area contributed by atoms with Crippen molar-refractivity contribution in [3.8, 4) is 0 Å². The molecule has 57 heavy (non-hydrogen) atoms. The number of hydrogen-bond acceptors (Lipinski definition) is 9. The highest BCUT2D eigenvalue weighted by Gasteiger charge is 2.28. The lowest BCUT2D eigenvalue weighted by molar-refractivity contribution is -0.141. The summed E-state index contributed by atoms with van der Waals surface area (Å²) in [6, 6.07) is 12.5. The van der Waals surface area contributed by atoms with Crippen molar-refractivity contribution in [2.24, 2.45) is 5.73 Å². The fourth-order valence-corrected chi connectivity index (χ4v) is 5.65. The van der Waals surface area contributed by atoms with E-state index < -0.39 is 72.8 Å². The van der Waals surface area contributed by atoms with E-state index in [1.807, 2.05) is 66.0 Å². The Labute approximate surface area is 331 Å². The molecular weight excluding hydrogens is 742 g/mol. The van der Waals surface area contributed by atoms with Crippen molar-refractivity contribution in [2.45, 2.75) is 101 Å². The molecule has 2 aromatic rings. The number of aliphatic carboxylic acids is 3. The standard InChI is InChI=1S/C39H55N7O11/c40-21-23-42-35(51)30(24-26-12-6-4-7-13-26)44-36(52)31(25-27-14-8-5-9-15-27)43-33(48)16-10-2-1-3-11-22-41-32(47)19-17-28(37(53)54)45-39(57)46-29(38(55)56)18-20-34(49)50/h4-9,12-15,28-31H,1-3,10-11,16-25,40H2,(H,41,47)(H,42,51)(H,43,48)(H,44,52)(H,49,50)(H,53,54)(H,55,56)(H2,45,46,57). The topological polar surface area (TPSA) is 295 Å². The highest BCUT2D eigenvalue weighted by Crippen LogP contribution is 2.10. The molecule has 0 saturated heterocycles. The minimum absolute atomic E-state index is 0.176. The minimum Gasteiger partial charge on any atom is -0.481 e. The van der Waals surface area contributed by atoms with Gasteiger partial charge in [-0.05, 0) is 36.8 Å². The van der Waals surface area contributed by atoms with Crippen LogP contribution in [0.3, 0.4) is 0 Å². The number of carbonyl (C=O) groups is 8. The van der Waals surface area contributed by atoms with E-state index in [1.54, 1.807) is 0 Å². The maximum atomic E-state index is 13.6. The molecule has 2 rings (SSSR count). The quantitative estimate of drug-likeness (QED) is 0.0536. The van der Waals surface area contributed by atoms with Crippen LogP contribution in [0.2, 0.25) is 0 Å². The van der Waals surface area contributed by atoms with E-state index in [4.69, 9.17) is 15.9 Å². The Morgan fingerprint density at radius 3 is 1.54 bits per heavy atom. The molecule has 11 N–H and O–H groups in total. The van der Waals surface area contributed by atoms with E-state index in [-0.39, 0.29) is 57.0 Å². The van der Waals surface area contributed by atoms with Crippen LogP contribution in [0.15, 0.2) is 60.7 Å². The molecule has 0 aromatic heterocycles. The van der Waals surface area contributed by atoms with Crippen LogP contribution in [0.4, 0.5) is 4.79 Å². The summed E-state index contributed by atoms with van der Waals surface area (Å²) in [4.78, 5) is 97.6. The van der Waals surface area contributed by atoms with Crippen LogP contribution in [0.25, 0.3) is 0 Å². The van der Waals surface area contributed by atoms with Gasteiger partial charge in [0.15, 0.2) is 0 Å². The van der Waals surface area contributed by atoms with Crippen LogP contribution in [0, 0.1) is 0 Å². The first-order valence-electron chi connectivity index (χ1n) is 19.0. The van der Waals surface area contributed by atoms with E-state index in [2.05, 4.69) is 26.6 Å². The highest BCUT2D eigenvalue weighted by molar-refractivity contribution is 5.92. The SMILES string of the molecule is NCCNC(=O)C(Cc1ccccc1)NC(=O)C(Cc1ccccc1)NC(=O)CCCCCCCNC(=O)CCC(NC(=O)NC(CCC(=O)O)C(=O)O)C(=O)O. The monoisotopic (exact) mass is 797 g/mol. The fourth-order valence-electron chi connectivity index (χ4n) is 5.65. The third-order valence-corrected chi connectivity index (χ3v) is 8.71. The normalized spacial score (nSPS) is 12.8. The molecule has 0 heterocycles. The molecule has 0 aliphatic heterocycles. The molecule has 0 aliphatic carbocycles. The van der Waals surface area contributed by atoms with Gasteiger partial charge < -0.3 is 53.0 Å². The lowest BCUT2D eigenvalue weighted by atomic mass is 10.0. The van der Waals surface area contributed by atoms with Crippen LogP contribution in [-0.2, 0) is 46.4 Å². The Balaban J connectivity index is 1.77. The molecule has 0 saturated carbocycles. The van der Waals surface area contributed by atoms with Crippen molar-refractivity contribution >= 4 is 47.6 Å². The first kappa shape index (κ1) is 47.1. The maximum Gasteiger partial charge on any atom is 0.326 e. The van der Waals surface area contributed by atoms with Crippen LogP contribution >= 0.6 is 0 Å². The lowest BCUT2D eigenvalue weighted by Crippen LogP contribution is -2.55. The average Bonchev–Trinajstić information content (AvgIpc) is 3.18. The molecule has 0 spiro atoms. The van der Waals surface area contributed by atoms with Crippen molar-refractivity contribution in [3.05, 3.63) is 71.8 Å². The number of urea groups is 1. The third-order valence-electron chi connectivity index (χ3n) is 8.71. The Morgan fingerprint density at radius 1 is 0.509 bits per heavy atom. The predicted molar refractivity (Wildman–Crippen MR) is 208 cm³/mol. The number of rotatable bonds is 28. The molecule has 2 aromatic carbocycles. The summed E-state index contributed by atoms with van der Waals surface area (Å²) < 4.78 is 0. The van der Waals surface area contributed by atoms with Gasteiger partial charge in [0.05, 0.1) is 0 Å². The van der Waals surface area contributed by atoms with Crippen molar-refractivity contribution in [1.29, 1.82) is 0 Å². The van der Waals surface area contributed by atoms with Crippen molar-refractivity contribution in [3.63, 3.8) is 0 Å². The lowest BCUT2D eigenvalue weighted by Gasteiger charge is -2.23. The molecule has 0 aliphatic rings. The number of benzene rings is 2. The van der Waals surface area contributed by atoms with Gasteiger partial charge in [-0.1, -0.05) is 79.9 Å². The van der Waals surface area contributed by atoms with E-state index >= 15 is 0 Å². The average molecular weight is 798 g/mol. The minimum atomic E-state index is -1.54. The van der Waals surface area contributed by atoms with Gasteiger partial charge in [0.1, 0.15) is 24.2 Å². The van der Waals surface area contributed by atoms with Crippen molar-refractivity contribution in [2.75, 3.05) is 19.6 Å². The summed E-state index contributed by atoms with van der Waals surface area (Å²) in [5.74, 6) is -5.80. The second kappa shape index (κ2) is 26.7. The summed E-state index contributed by atoms with van der Waals surface area (Å²) in [5.41, 5.74) is 7.25. The van der Waals surface area contributed by atoms with Crippen LogP contribution in [0.1, 0.15) is 75.3 Å². The second-order valence-corrected chi connectivity index (χ2v) is 13.4. The first-order valence-corrected chi connectivity index (χ1v) is 19.0. The molecule has 0 radical (unpaired) electrons. The van der Waals surface area contributed by atoms with Crippen LogP contribution in [-0.4, -0.2) is 107 Å². The van der Waals surface area contributed by atoms with Gasteiger partial charge in [-0.25, -0.2) is 14.4 Å². The molecular formula is C39H55N7O11. The van der Waals surface area contributed by atoms with Gasteiger partial charge in [-0.3, -0.25) is 24.0 Å². The van der Waals surface area contributed by atoms with Crippen LogP contribution in [0.5, 0.6) is 0 Å². The summed E-state index contributed by atoms with van der Waals surface area (Å²) in [6.07, 6.45) is 2.62. The fraction of sp³-hybridized carbons (Fsp3) is 0.487. The molecule has 4 atom stereocenters. The molecule has 4 unspecified atom stereocenters. The van der Waals surface area contributed by atoms with Gasteiger partial charge >= 0.3 is 23.9 Å². The van der Waals surface area contributed by atoms with E-state index in [1.165, 1.54) is 0 Å². The van der Waals surface area contributed by atoms with Crippen molar-refractivity contribution < 1.29 is 53.7 Å². The van der Waals surface area contributed by atoms with Gasteiger partial charge in [0, 0.05) is 51.7 Å². The predicted octanol–water partition coefficient (Wildman–Crippen LogP) is 0.824. The third kappa shape index (κ3) is 20.5. The first-order chi connectivity index (χ1) is 27.3. The number of nitrogens with one attached hydrogen (secondary N) is 6. The number of carboxylic acid groups (broad SMARTS) is 3. The van der Waals surface area contributed by atoms with Gasteiger partial charge in [-0.2, -0.15) is 0 Å². The number of carboxylic acids is 3. The zero-order valence-corrected chi connectivity index (χ0v) is 31.9. The van der Waals surface area contributed by atoms with E-state index in [0.29, 0.717) is 25.8 Å². The number of amides is 6. The number of nitrogens with two attached hydrogens (primary N) is 1. The molecule has 6 amide bonds. The molecule has 0 bridgehead atoms. The second-order valence-electron chi connectivity index (χ2n) is 13.4. The number of carbonyl (C=O) groups excluding carboxylic acids is 5. The van der Waals surface area contributed by atoms with E-state index in [9.17, 15) is 43.5 Å². The molecule has 0 fully saturated rings. The Bertz CT molecular complexity index is 1610. The molecule has 18 nitrogen and oxygen atoms in total. The van der Waals surface area contributed by atoms with E-state index in [0.717, 1.165) is 24.0 Å². The highest BCUT2D eigenvalue weighted by atomic mass is 16.4. The zero-order chi connectivity index (χ0) is 42.0. The number of unbranched alkanes of at least 4 members (excludes halogenated alkanes) is 4. The van der Waals surface area contributed by atoms with Crippen LogP contribution < -0.4 is 37.6 Å². The summed E-state index contributed by atoms with van der Waals surface area (Å²) in [6.45, 7) is 0.805. The summed E-state index contributed by atoms with van der Waals surface area (Å²) >= 11 is 0. The molecule has 312 valence electrons. The van der Waals surface area contributed by atoms with Gasteiger partial charge in [0.25, 0.3) is 0 Å². The summed E-state index contributed by atoms with van der Waals surface area (Å²) in [7, 11) is 0. The Morgan fingerprint density at radius 2 is 1.02 bits per heavy atom.